The molecule has 4 aliphatic carbocycles. The van der Waals surface area contributed by atoms with E-state index in [-0.39, 0.29) is 29.2 Å². The van der Waals surface area contributed by atoms with Crippen molar-refractivity contribution in [2.45, 2.75) is 76.4 Å². The van der Waals surface area contributed by atoms with E-state index >= 15 is 0 Å². The van der Waals surface area contributed by atoms with Crippen LogP contribution in [0.5, 0.6) is 0 Å². The van der Waals surface area contributed by atoms with E-state index in [2.05, 4.69) is 6.92 Å². The fourth-order valence-electron chi connectivity index (χ4n) is 6.72. The van der Waals surface area contributed by atoms with Crippen molar-refractivity contribution >= 4 is 11.8 Å². The third kappa shape index (κ3) is 2.75. The van der Waals surface area contributed by atoms with Crippen LogP contribution in [0.2, 0.25) is 0 Å². The molecule has 4 atom stereocenters. The van der Waals surface area contributed by atoms with Gasteiger partial charge in [-0.15, -0.1) is 0 Å². The van der Waals surface area contributed by atoms with Crippen LogP contribution in [0.4, 0.5) is 0 Å². The van der Waals surface area contributed by atoms with Crippen molar-refractivity contribution in [3.8, 4) is 0 Å². The number of hydrogen-bond acceptors (Lipinski definition) is 3. The number of carbonyl (C=O) groups is 2. The lowest BCUT2D eigenvalue weighted by atomic mass is 9.47. The third-order valence-electron chi connectivity index (χ3n) is 7.28. The van der Waals surface area contributed by atoms with Gasteiger partial charge in [0.15, 0.2) is 0 Å². The molecule has 0 radical (unpaired) electrons. The molecular formula is C19H30N2O3. The van der Waals surface area contributed by atoms with Crippen LogP contribution < -0.4 is 5.73 Å². The van der Waals surface area contributed by atoms with Crippen molar-refractivity contribution in [2.75, 3.05) is 6.54 Å². The standard InChI is InChI=1S/C19H30N2O3/c1-12-2-3-15(17(20)23)10-21(12)16(22)9-18-5-13-4-14(6-18)8-19(24,7-13)11-18/h12-15,24H,2-11H2,1H3,(H2,20,23)/t12-,13+,14+,15-,18?,19?/m0/s1. The van der Waals surface area contributed by atoms with E-state index in [1.807, 2.05) is 4.90 Å². The average molecular weight is 334 g/mol. The molecule has 4 saturated carbocycles. The van der Waals surface area contributed by atoms with Crippen molar-refractivity contribution in [1.29, 1.82) is 0 Å². The van der Waals surface area contributed by atoms with Gasteiger partial charge in [0.1, 0.15) is 0 Å². The van der Waals surface area contributed by atoms with Crippen LogP contribution >= 0.6 is 0 Å². The van der Waals surface area contributed by atoms with E-state index < -0.39 is 5.60 Å². The van der Waals surface area contributed by atoms with E-state index in [4.69, 9.17) is 5.73 Å². The predicted octanol–water partition coefficient (Wildman–Crippen LogP) is 1.82. The number of nitrogens with zero attached hydrogens (tertiary/aromatic N) is 1. The summed E-state index contributed by atoms with van der Waals surface area (Å²) in [4.78, 5) is 26.5. The molecule has 0 spiro atoms. The number of rotatable bonds is 3. The predicted molar refractivity (Wildman–Crippen MR) is 89.8 cm³/mol. The van der Waals surface area contributed by atoms with Crippen LogP contribution in [0.3, 0.4) is 0 Å². The minimum absolute atomic E-state index is 0.00466. The van der Waals surface area contributed by atoms with Gasteiger partial charge in [-0.1, -0.05) is 0 Å². The average Bonchev–Trinajstić information content (AvgIpc) is 2.43. The molecule has 5 heteroatoms. The van der Waals surface area contributed by atoms with Gasteiger partial charge in [-0.05, 0) is 75.5 Å². The second-order valence-corrected chi connectivity index (χ2v) is 9.43. The first-order valence-corrected chi connectivity index (χ1v) is 9.59. The fraction of sp³-hybridized carbons (Fsp3) is 0.895. The highest BCUT2D eigenvalue weighted by Gasteiger charge is 2.57. The van der Waals surface area contributed by atoms with Crippen LogP contribution in [-0.2, 0) is 9.59 Å². The molecule has 1 heterocycles. The van der Waals surface area contributed by atoms with Crippen molar-refractivity contribution in [1.82, 2.24) is 4.90 Å². The number of amides is 2. The summed E-state index contributed by atoms with van der Waals surface area (Å²) in [5, 5.41) is 10.9. The Hall–Kier alpha value is -1.10. The SMILES string of the molecule is C[C@H]1CC[C@H](C(N)=O)CN1C(=O)CC12C[C@H]3C[C@@H](CC(O)(C3)C1)C2. The van der Waals surface area contributed by atoms with E-state index in [1.165, 1.54) is 6.42 Å². The van der Waals surface area contributed by atoms with Gasteiger partial charge in [0.2, 0.25) is 11.8 Å². The zero-order chi connectivity index (χ0) is 17.1. The first kappa shape index (κ1) is 16.4. The summed E-state index contributed by atoms with van der Waals surface area (Å²) >= 11 is 0. The van der Waals surface area contributed by atoms with E-state index in [0.717, 1.165) is 44.9 Å². The maximum atomic E-state index is 13.1. The summed E-state index contributed by atoms with van der Waals surface area (Å²) in [6, 6.07) is 0.185. The Morgan fingerprint density at radius 3 is 2.42 bits per heavy atom. The number of primary amides is 1. The molecule has 2 amide bonds. The summed E-state index contributed by atoms with van der Waals surface area (Å²) in [7, 11) is 0. The molecule has 1 aliphatic heterocycles. The molecule has 0 aromatic heterocycles. The minimum Gasteiger partial charge on any atom is -0.390 e. The maximum absolute atomic E-state index is 13.1. The molecule has 0 aromatic rings. The Morgan fingerprint density at radius 1 is 1.17 bits per heavy atom. The van der Waals surface area contributed by atoms with Crippen molar-refractivity contribution in [3.63, 3.8) is 0 Å². The van der Waals surface area contributed by atoms with E-state index in [0.29, 0.717) is 24.8 Å². The normalized spacial score (nSPS) is 47.0. The van der Waals surface area contributed by atoms with Crippen LogP contribution in [0.15, 0.2) is 0 Å². The lowest BCUT2D eigenvalue weighted by Crippen LogP contribution is -2.57. The number of nitrogens with two attached hydrogens (primary N) is 1. The Kier molecular flexibility index (Phi) is 3.72. The number of carbonyl (C=O) groups excluding carboxylic acids is 2. The highest BCUT2D eigenvalue weighted by Crippen LogP contribution is 2.63. The molecule has 0 unspecified atom stereocenters. The maximum Gasteiger partial charge on any atom is 0.223 e. The minimum atomic E-state index is -0.520. The molecule has 1 saturated heterocycles. The van der Waals surface area contributed by atoms with Gasteiger partial charge in [-0.2, -0.15) is 0 Å². The molecular weight excluding hydrogens is 304 g/mol. The summed E-state index contributed by atoms with van der Waals surface area (Å²) in [6.07, 6.45) is 8.27. The van der Waals surface area contributed by atoms with Gasteiger partial charge in [-0.25, -0.2) is 0 Å². The molecule has 0 aromatic carbocycles. The molecule has 5 aliphatic rings. The van der Waals surface area contributed by atoms with Crippen molar-refractivity contribution in [2.24, 2.45) is 28.9 Å². The van der Waals surface area contributed by atoms with Gasteiger partial charge >= 0.3 is 0 Å². The zero-order valence-electron chi connectivity index (χ0n) is 14.7. The van der Waals surface area contributed by atoms with Crippen LogP contribution in [-0.4, -0.2) is 40.0 Å². The number of aliphatic hydroxyl groups is 1. The highest BCUT2D eigenvalue weighted by molar-refractivity contribution is 5.81. The largest absolute Gasteiger partial charge is 0.390 e. The Labute approximate surface area is 144 Å². The molecule has 3 N–H and O–H groups in total. The van der Waals surface area contributed by atoms with Crippen LogP contribution in [0, 0.1) is 23.2 Å². The molecule has 5 nitrogen and oxygen atoms in total. The topological polar surface area (TPSA) is 83.6 Å². The Balaban J connectivity index is 1.48. The fourth-order valence-corrected chi connectivity index (χ4v) is 6.72. The zero-order valence-corrected chi connectivity index (χ0v) is 14.7. The van der Waals surface area contributed by atoms with E-state index in [9.17, 15) is 14.7 Å². The summed E-state index contributed by atoms with van der Waals surface area (Å²) in [6.45, 7) is 2.55. The molecule has 4 bridgehead atoms. The second-order valence-electron chi connectivity index (χ2n) is 9.43. The molecule has 24 heavy (non-hydrogen) atoms. The van der Waals surface area contributed by atoms with Crippen molar-refractivity contribution < 1.29 is 14.7 Å². The summed E-state index contributed by atoms with van der Waals surface area (Å²) < 4.78 is 0. The summed E-state index contributed by atoms with van der Waals surface area (Å²) in [5.41, 5.74) is 4.95. The summed E-state index contributed by atoms with van der Waals surface area (Å²) in [5.74, 6) is 0.871. The lowest BCUT2D eigenvalue weighted by Gasteiger charge is -2.60. The van der Waals surface area contributed by atoms with Gasteiger partial charge < -0.3 is 15.7 Å². The first-order valence-electron chi connectivity index (χ1n) is 9.59. The smallest absolute Gasteiger partial charge is 0.223 e. The third-order valence-corrected chi connectivity index (χ3v) is 7.28. The van der Waals surface area contributed by atoms with Crippen LogP contribution in [0.1, 0.15) is 64.7 Å². The quantitative estimate of drug-likeness (QED) is 0.826. The molecule has 5 rings (SSSR count). The van der Waals surface area contributed by atoms with E-state index in [1.54, 1.807) is 0 Å². The number of piperidine rings is 1. The van der Waals surface area contributed by atoms with Gasteiger partial charge in [0, 0.05) is 19.0 Å². The van der Waals surface area contributed by atoms with Gasteiger partial charge in [0.25, 0.3) is 0 Å². The van der Waals surface area contributed by atoms with Crippen molar-refractivity contribution in [3.05, 3.63) is 0 Å². The number of hydrogen-bond donors (Lipinski definition) is 2. The monoisotopic (exact) mass is 334 g/mol. The Bertz CT molecular complexity index is 547. The van der Waals surface area contributed by atoms with Crippen LogP contribution in [0.25, 0.3) is 0 Å². The molecule has 134 valence electrons. The van der Waals surface area contributed by atoms with Gasteiger partial charge in [0.05, 0.1) is 11.5 Å². The number of likely N-dealkylation sites (tertiary alicyclic amines) is 1. The second kappa shape index (κ2) is 5.45. The molecule has 5 fully saturated rings. The van der Waals surface area contributed by atoms with Gasteiger partial charge in [-0.3, -0.25) is 9.59 Å². The highest BCUT2D eigenvalue weighted by atomic mass is 16.3. The first-order chi connectivity index (χ1) is 11.3. The lowest BCUT2D eigenvalue weighted by molar-refractivity contribution is -0.173. The Morgan fingerprint density at radius 2 is 1.83 bits per heavy atom.